The summed E-state index contributed by atoms with van der Waals surface area (Å²) in [5.74, 6) is -2.38. The summed E-state index contributed by atoms with van der Waals surface area (Å²) in [6.07, 6.45) is 4.84. The van der Waals surface area contributed by atoms with Gasteiger partial charge in [-0.15, -0.1) is 0 Å². The average molecular weight is 506 g/mol. The molecule has 1 aromatic carbocycles. The Hall–Kier alpha value is -3.05. The van der Waals surface area contributed by atoms with Crippen LogP contribution in [0.15, 0.2) is 30.5 Å². The highest BCUT2D eigenvalue weighted by Gasteiger charge is 2.29. The fraction of sp³-hybridized carbons (Fsp3) is 0.500. The number of hydrogen-bond acceptors (Lipinski definition) is 6. The molecule has 1 aromatic heterocycles. The maximum absolute atomic E-state index is 12.8. The predicted molar refractivity (Wildman–Crippen MR) is 137 cm³/mol. The number of carboxylic acids is 1. The number of rotatable bonds is 14. The molecule has 0 saturated heterocycles. The standard InChI is InChI=1S/C24H35N5O5S/c1-4-14(2)21(23(32)27-13-20(30)28-19(24(33)34)9-10-35-3)29-22(31)17(25)11-15-12-26-18-8-6-5-7-16(15)18/h5-8,12,14,17,19,21,26H,4,9-11,13,25H2,1-3H3,(H,27,32)(H,28,30)(H,29,31)(H,33,34). The summed E-state index contributed by atoms with van der Waals surface area (Å²) in [4.78, 5) is 52.3. The van der Waals surface area contributed by atoms with E-state index in [1.807, 2.05) is 50.6 Å². The minimum atomic E-state index is -1.13. The van der Waals surface area contributed by atoms with Crippen molar-refractivity contribution in [1.82, 2.24) is 20.9 Å². The Kier molecular flexibility index (Phi) is 11.1. The van der Waals surface area contributed by atoms with Crippen molar-refractivity contribution in [3.8, 4) is 0 Å². The topological polar surface area (TPSA) is 166 Å². The van der Waals surface area contributed by atoms with E-state index >= 15 is 0 Å². The first kappa shape index (κ1) is 28.2. The number of nitrogens with one attached hydrogen (secondary N) is 4. The van der Waals surface area contributed by atoms with Gasteiger partial charge in [-0.3, -0.25) is 14.4 Å². The minimum absolute atomic E-state index is 0.212. The number of carbonyl (C=O) groups excluding carboxylic acids is 3. The summed E-state index contributed by atoms with van der Waals surface area (Å²) < 4.78 is 0. The van der Waals surface area contributed by atoms with Crippen molar-refractivity contribution in [2.45, 2.75) is 51.2 Å². The molecule has 0 saturated carbocycles. The molecule has 0 fully saturated rings. The fourth-order valence-corrected chi connectivity index (χ4v) is 4.08. The summed E-state index contributed by atoms with van der Waals surface area (Å²) in [5.41, 5.74) is 8.01. The quantitative estimate of drug-likeness (QED) is 0.223. The van der Waals surface area contributed by atoms with Crippen LogP contribution in [0.2, 0.25) is 0 Å². The van der Waals surface area contributed by atoms with Crippen LogP contribution in [-0.4, -0.2) is 70.5 Å². The van der Waals surface area contributed by atoms with Crippen molar-refractivity contribution in [3.05, 3.63) is 36.0 Å². The van der Waals surface area contributed by atoms with Crippen molar-refractivity contribution in [2.75, 3.05) is 18.6 Å². The Morgan fingerprint density at radius 1 is 1.14 bits per heavy atom. The molecule has 0 aliphatic rings. The van der Waals surface area contributed by atoms with E-state index < -0.39 is 48.4 Å². The lowest BCUT2D eigenvalue weighted by atomic mass is 9.97. The first-order valence-corrected chi connectivity index (χ1v) is 13.0. The van der Waals surface area contributed by atoms with Crippen LogP contribution in [0.25, 0.3) is 10.9 Å². The zero-order chi connectivity index (χ0) is 26.0. The van der Waals surface area contributed by atoms with E-state index in [0.717, 1.165) is 16.5 Å². The molecule has 2 rings (SSSR count). The third-order valence-corrected chi connectivity index (χ3v) is 6.56. The number of thioether (sulfide) groups is 1. The molecule has 4 unspecified atom stereocenters. The molecule has 1 heterocycles. The highest BCUT2D eigenvalue weighted by molar-refractivity contribution is 7.98. The fourth-order valence-electron chi connectivity index (χ4n) is 3.61. The van der Waals surface area contributed by atoms with Crippen LogP contribution in [-0.2, 0) is 25.6 Å². The maximum atomic E-state index is 12.8. The van der Waals surface area contributed by atoms with E-state index in [1.165, 1.54) is 11.8 Å². The lowest BCUT2D eigenvalue weighted by Gasteiger charge is -2.25. The third kappa shape index (κ3) is 8.29. The summed E-state index contributed by atoms with van der Waals surface area (Å²) >= 11 is 1.47. The molecular formula is C24H35N5O5S. The molecule has 0 bridgehead atoms. The van der Waals surface area contributed by atoms with Crippen LogP contribution >= 0.6 is 11.8 Å². The van der Waals surface area contributed by atoms with Crippen molar-refractivity contribution in [2.24, 2.45) is 11.7 Å². The average Bonchev–Trinajstić information content (AvgIpc) is 3.25. The first-order valence-electron chi connectivity index (χ1n) is 11.6. The summed E-state index contributed by atoms with van der Waals surface area (Å²) in [6.45, 7) is 3.31. The van der Waals surface area contributed by atoms with E-state index in [2.05, 4.69) is 20.9 Å². The molecule has 0 spiro atoms. The maximum Gasteiger partial charge on any atom is 0.326 e. The Bertz CT molecular complexity index is 1030. The van der Waals surface area contributed by atoms with Gasteiger partial charge in [-0.25, -0.2) is 4.79 Å². The van der Waals surface area contributed by atoms with Gasteiger partial charge in [-0.1, -0.05) is 38.5 Å². The Morgan fingerprint density at radius 3 is 2.51 bits per heavy atom. The Labute approximate surface area is 209 Å². The predicted octanol–water partition coefficient (Wildman–Crippen LogP) is 1.01. The van der Waals surface area contributed by atoms with Crippen molar-refractivity contribution in [1.29, 1.82) is 0 Å². The van der Waals surface area contributed by atoms with Crippen molar-refractivity contribution in [3.63, 3.8) is 0 Å². The number of carbonyl (C=O) groups is 4. The molecule has 10 nitrogen and oxygen atoms in total. The number of fused-ring (bicyclic) bond motifs is 1. The Balaban J connectivity index is 1.96. The van der Waals surface area contributed by atoms with E-state index in [1.54, 1.807) is 0 Å². The van der Waals surface area contributed by atoms with E-state index in [4.69, 9.17) is 5.73 Å². The van der Waals surface area contributed by atoms with Crippen LogP contribution in [0.1, 0.15) is 32.3 Å². The van der Waals surface area contributed by atoms with E-state index in [-0.39, 0.29) is 12.3 Å². The molecule has 192 valence electrons. The lowest BCUT2D eigenvalue weighted by molar-refractivity contribution is -0.141. The molecule has 0 aliphatic heterocycles. The molecule has 35 heavy (non-hydrogen) atoms. The number of benzene rings is 1. The number of aromatic amines is 1. The van der Waals surface area contributed by atoms with Gasteiger partial charge in [-0.05, 0) is 42.4 Å². The largest absolute Gasteiger partial charge is 0.480 e. The van der Waals surface area contributed by atoms with Gasteiger partial charge in [0.25, 0.3) is 0 Å². The lowest BCUT2D eigenvalue weighted by Crippen LogP contribution is -2.56. The van der Waals surface area contributed by atoms with Crippen LogP contribution in [0, 0.1) is 5.92 Å². The summed E-state index contributed by atoms with van der Waals surface area (Å²) in [7, 11) is 0. The van der Waals surface area contributed by atoms with Gasteiger partial charge in [0.05, 0.1) is 12.6 Å². The number of hydrogen-bond donors (Lipinski definition) is 6. The van der Waals surface area contributed by atoms with Gasteiger partial charge in [0, 0.05) is 17.1 Å². The minimum Gasteiger partial charge on any atom is -0.480 e. The SMILES string of the molecule is CCC(C)C(NC(=O)C(N)Cc1c[nH]c2ccccc12)C(=O)NCC(=O)NC(CCSC)C(=O)O. The number of para-hydroxylation sites is 1. The van der Waals surface area contributed by atoms with Crippen molar-refractivity contribution < 1.29 is 24.3 Å². The van der Waals surface area contributed by atoms with Gasteiger partial charge < -0.3 is 31.8 Å². The van der Waals surface area contributed by atoms with Crippen LogP contribution in [0.3, 0.4) is 0 Å². The monoisotopic (exact) mass is 505 g/mol. The number of amides is 3. The van der Waals surface area contributed by atoms with Gasteiger partial charge >= 0.3 is 5.97 Å². The zero-order valence-electron chi connectivity index (χ0n) is 20.3. The van der Waals surface area contributed by atoms with E-state index in [9.17, 15) is 24.3 Å². The molecule has 7 N–H and O–H groups in total. The second kappa shape index (κ2) is 13.7. The smallest absolute Gasteiger partial charge is 0.326 e. The molecule has 2 aromatic rings. The highest BCUT2D eigenvalue weighted by atomic mass is 32.2. The number of nitrogens with two attached hydrogens (primary N) is 1. The molecular weight excluding hydrogens is 470 g/mol. The molecule has 4 atom stereocenters. The zero-order valence-corrected chi connectivity index (χ0v) is 21.1. The number of carboxylic acid groups (broad SMARTS) is 1. The van der Waals surface area contributed by atoms with Gasteiger partial charge in [0.15, 0.2) is 0 Å². The second-order valence-electron chi connectivity index (χ2n) is 8.50. The van der Waals surface area contributed by atoms with Crippen LogP contribution in [0.5, 0.6) is 0 Å². The van der Waals surface area contributed by atoms with Crippen LogP contribution in [0.4, 0.5) is 0 Å². The Morgan fingerprint density at radius 2 is 1.86 bits per heavy atom. The van der Waals surface area contributed by atoms with Gasteiger partial charge in [0.1, 0.15) is 12.1 Å². The summed E-state index contributed by atoms with van der Waals surface area (Å²) in [5, 5.41) is 17.9. The number of aromatic nitrogens is 1. The third-order valence-electron chi connectivity index (χ3n) is 5.91. The van der Waals surface area contributed by atoms with Crippen molar-refractivity contribution >= 4 is 46.4 Å². The normalized spacial score (nSPS) is 14.5. The number of aliphatic carboxylic acids is 1. The highest BCUT2D eigenvalue weighted by Crippen LogP contribution is 2.19. The molecule has 3 amide bonds. The molecule has 0 radical (unpaired) electrons. The summed E-state index contributed by atoms with van der Waals surface area (Å²) in [6, 6.07) is 4.92. The number of H-pyrrole nitrogens is 1. The first-order chi connectivity index (χ1) is 16.7. The van der Waals surface area contributed by atoms with Crippen LogP contribution < -0.4 is 21.7 Å². The second-order valence-corrected chi connectivity index (χ2v) is 9.49. The molecule has 11 heteroatoms. The van der Waals surface area contributed by atoms with Gasteiger partial charge in [-0.2, -0.15) is 11.8 Å². The van der Waals surface area contributed by atoms with Gasteiger partial charge in [0.2, 0.25) is 17.7 Å². The molecule has 0 aliphatic carbocycles. The van der Waals surface area contributed by atoms with E-state index in [0.29, 0.717) is 18.6 Å².